The van der Waals surface area contributed by atoms with Gasteiger partial charge in [0.2, 0.25) is 5.91 Å². The number of nitrogens with one attached hydrogen (secondary N) is 1. The van der Waals surface area contributed by atoms with Crippen LogP contribution in [0.1, 0.15) is 284 Å². The van der Waals surface area contributed by atoms with Gasteiger partial charge in [0.15, 0.2) is 0 Å². The molecule has 0 aliphatic rings. The molecule has 3 unspecified atom stereocenters. The molecule has 374 valence electrons. The number of aliphatic hydroxyl groups excluding tert-OH is 2. The molecular weight excluding hydrogens is 791 g/mol. The first-order valence-corrected chi connectivity index (χ1v) is 27.9. The summed E-state index contributed by atoms with van der Waals surface area (Å²) in [6.07, 6.45) is 63.2. The van der Waals surface area contributed by atoms with Crippen molar-refractivity contribution >= 4 is 11.9 Å². The Balaban J connectivity index is 4.51. The van der Waals surface area contributed by atoms with E-state index in [1.54, 1.807) is 0 Å². The monoisotopic (exact) mass is 898 g/mol. The topological polar surface area (TPSA) is 95.9 Å². The maximum atomic E-state index is 13.2. The van der Waals surface area contributed by atoms with Crippen molar-refractivity contribution in [1.82, 2.24) is 5.32 Å². The smallest absolute Gasteiger partial charge is 0.306 e. The number of ether oxygens (including phenoxy) is 1. The zero-order valence-electron chi connectivity index (χ0n) is 42.7. The normalized spacial score (nSPS) is 13.5. The number of rotatable bonds is 50. The van der Waals surface area contributed by atoms with Crippen LogP contribution < -0.4 is 5.32 Å². The predicted octanol–water partition coefficient (Wildman–Crippen LogP) is 17.0. The molecule has 0 aromatic heterocycles. The number of aliphatic hydroxyl groups is 2. The van der Waals surface area contributed by atoms with Gasteiger partial charge >= 0.3 is 5.97 Å². The average molecular weight is 898 g/mol. The van der Waals surface area contributed by atoms with Gasteiger partial charge in [-0.25, -0.2) is 0 Å². The lowest BCUT2D eigenvalue weighted by atomic mass is 10.0. The molecule has 64 heavy (non-hydrogen) atoms. The molecule has 0 saturated carbocycles. The Morgan fingerprint density at radius 3 is 1.31 bits per heavy atom. The molecule has 3 N–H and O–H groups in total. The van der Waals surface area contributed by atoms with Crippen LogP contribution >= 0.6 is 0 Å². The van der Waals surface area contributed by atoms with Crippen molar-refractivity contribution in [3.63, 3.8) is 0 Å². The van der Waals surface area contributed by atoms with Crippen molar-refractivity contribution in [2.24, 2.45) is 0 Å². The Morgan fingerprint density at radius 2 is 0.844 bits per heavy atom. The van der Waals surface area contributed by atoms with E-state index < -0.39 is 18.2 Å². The van der Waals surface area contributed by atoms with Gasteiger partial charge in [0.05, 0.1) is 25.2 Å². The Hall–Kier alpha value is -2.18. The second-order valence-corrected chi connectivity index (χ2v) is 19.0. The maximum absolute atomic E-state index is 13.2. The molecule has 0 fully saturated rings. The van der Waals surface area contributed by atoms with Crippen LogP contribution in [0.25, 0.3) is 0 Å². The fraction of sp³-hybridized carbons (Fsp3) is 0.828. The first kappa shape index (κ1) is 61.8. The number of allylic oxidation sites excluding steroid dienone is 8. The van der Waals surface area contributed by atoms with Crippen LogP contribution in [0.4, 0.5) is 0 Å². The standard InChI is InChI=1S/C58H107NO5/c1-4-7-10-13-16-19-22-25-27-28-29-30-31-33-36-39-42-45-48-51-58(63)64-54(49-46-43-40-37-34-24-21-18-15-12-9-6-3)52-57(62)59-55(53-60)56(61)50-47-44-41-38-35-32-26-23-20-17-14-11-8-5-2/h9,12,18,21,25,27,34,37,54-56,60-61H,4-8,10-11,13-17,19-20,22-24,26,28-33,35-36,38-53H2,1-3H3,(H,59,62)/b12-9+,21-18+,27-25+,37-34+. The summed E-state index contributed by atoms with van der Waals surface area (Å²) in [7, 11) is 0. The SMILES string of the molecule is CC/C=C/C/C=C/C/C=C/CCCCC(CC(=O)NC(CO)C(O)CCCCCCCCCCCCCCCC)OC(=O)CCCCCCCCCCC/C=C/CCCCCCCC. The van der Waals surface area contributed by atoms with E-state index in [4.69, 9.17) is 4.74 Å². The number of amides is 1. The molecule has 0 heterocycles. The first-order chi connectivity index (χ1) is 31.5. The van der Waals surface area contributed by atoms with Crippen molar-refractivity contribution < 1.29 is 24.5 Å². The number of carbonyl (C=O) groups is 2. The fourth-order valence-corrected chi connectivity index (χ4v) is 8.44. The molecule has 0 saturated heterocycles. The van der Waals surface area contributed by atoms with Crippen LogP contribution in [0.15, 0.2) is 48.6 Å². The third kappa shape index (κ3) is 46.4. The molecule has 0 spiro atoms. The quantitative estimate of drug-likeness (QED) is 0.0321. The molecule has 0 rings (SSSR count). The van der Waals surface area contributed by atoms with E-state index >= 15 is 0 Å². The van der Waals surface area contributed by atoms with E-state index in [0.717, 1.165) is 77.0 Å². The maximum Gasteiger partial charge on any atom is 0.306 e. The molecular formula is C58H107NO5. The zero-order valence-corrected chi connectivity index (χ0v) is 42.7. The van der Waals surface area contributed by atoms with Crippen LogP contribution in [0.3, 0.4) is 0 Å². The van der Waals surface area contributed by atoms with Gasteiger partial charge in [-0.2, -0.15) is 0 Å². The summed E-state index contributed by atoms with van der Waals surface area (Å²) in [6, 6.07) is -0.714. The minimum Gasteiger partial charge on any atom is -0.462 e. The lowest BCUT2D eigenvalue weighted by Crippen LogP contribution is -2.46. The molecule has 0 bridgehead atoms. The second kappa shape index (κ2) is 51.8. The van der Waals surface area contributed by atoms with E-state index in [1.165, 1.54) is 161 Å². The third-order valence-electron chi connectivity index (χ3n) is 12.6. The van der Waals surface area contributed by atoms with E-state index in [9.17, 15) is 19.8 Å². The highest BCUT2D eigenvalue weighted by Crippen LogP contribution is 2.18. The Bertz CT molecular complexity index is 1100. The Morgan fingerprint density at radius 1 is 0.469 bits per heavy atom. The second-order valence-electron chi connectivity index (χ2n) is 19.0. The number of carbonyl (C=O) groups excluding carboxylic acids is 2. The van der Waals surface area contributed by atoms with Crippen LogP contribution in [0.5, 0.6) is 0 Å². The van der Waals surface area contributed by atoms with Crippen molar-refractivity contribution in [2.45, 2.75) is 302 Å². The van der Waals surface area contributed by atoms with Gasteiger partial charge in [0.1, 0.15) is 6.10 Å². The number of unbranched alkanes of at least 4 members (excludes halogenated alkanes) is 30. The van der Waals surface area contributed by atoms with Gasteiger partial charge in [0, 0.05) is 6.42 Å². The minimum atomic E-state index is -0.798. The Labute approximate surface area is 397 Å². The highest BCUT2D eigenvalue weighted by atomic mass is 16.5. The van der Waals surface area contributed by atoms with Gasteiger partial charge < -0.3 is 20.3 Å². The lowest BCUT2D eigenvalue weighted by Gasteiger charge is -2.24. The molecule has 0 aliphatic carbocycles. The summed E-state index contributed by atoms with van der Waals surface area (Å²) in [5.74, 6) is -0.506. The fourth-order valence-electron chi connectivity index (χ4n) is 8.44. The van der Waals surface area contributed by atoms with Gasteiger partial charge in [0.25, 0.3) is 0 Å². The van der Waals surface area contributed by atoms with E-state index in [-0.39, 0.29) is 24.9 Å². The molecule has 0 radical (unpaired) electrons. The van der Waals surface area contributed by atoms with Crippen LogP contribution in [0.2, 0.25) is 0 Å². The van der Waals surface area contributed by atoms with Crippen molar-refractivity contribution in [2.75, 3.05) is 6.61 Å². The third-order valence-corrected chi connectivity index (χ3v) is 12.6. The van der Waals surface area contributed by atoms with Gasteiger partial charge in [-0.3, -0.25) is 9.59 Å². The van der Waals surface area contributed by atoms with Crippen LogP contribution in [-0.4, -0.2) is 46.9 Å². The van der Waals surface area contributed by atoms with Crippen molar-refractivity contribution in [3.05, 3.63) is 48.6 Å². The number of hydrogen-bond acceptors (Lipinski definition) is 5. The van der Waals surface area contributed by atoms with Crippen LogP contribution in [-0.2, 0) is 14.3 Å². The zero-order chi connectivity index (χ0) is 46.7. The molecule has 6 nitrogen and oxygen atoms in total. The van der Waals surface area contributed by atoms with Gasteiger partial charge in [-0.15, -0.1) is 0 Å². The van der Waals surface area contributed by atoms with Gasteiger partial charge in [-0.05, 0) is 83.5 Å². The molecule has 1 amide bonds. The van der Waals surface area contributed by atoms with Crippen molar-refractivity contribution in [1.29, 1.82) is 0 Å². The van der Waals surface area contributed by atoms with Crippen molar-refractivity contribution in [3.8, 4) is 0 Å². The number of esters is 1. The number of hydrogen-bond donors (Lipinski definition) is 3. The summed E-state index contributed by atoms with van der Waals surface area (Å²) in [6.45, 7) is 6.37. The Kier molecular flexibility index (Phi) is 50.0. The van der Waals surface area contributed by atoms with Gasteiger partial charge in [-0.1, -0.05) is 236 Å². The predicted molar refractivity (Wildman–Crippen MR) is 278 cm³/mol. The van der Waals surface area contributed by atoms with Crippen LogP contribution in [0, 0.1) is 0 Å². The van der Waals surface area contributed by atoms with E-state index in [1.807, 2.05) is 0 Å². The summed E-state index contributed by atoms with van der Waals surface area (Å²) in [4.78, 5) is 26.2. The molecule has 0 aromatic rings. The lowest BCUT2D eigenvalue weighted by molar-refractivity contribution is -0.151. The largest absolute Gasteiger partial charge is 0.462 e. The highest BCUT2D eigenvalue weighted by Gasteiger charge is 2.24. The first-order valence-electron chi connectivity index (χ1n) is 27.9. The summed E-state index contributed by atoms with van der Waals surface area (Å²) in [5.41, 5.74) is 0. The van der Waals surface area contributed by atoms with E-state index in [2.05, 4.69) is 74.7 Å². The summed E-state index contributed by atoms with van der Waals surface area (Å²) >= 11 is 0. The molecule has 6 heteroatoms. The molecule has 3 atom stereocenters. The van der Waals surface area contributed by atoms with E-state index in [0.29, 0.717) is 19.3 Å². The highest BCUT2D eigenvalue weighted by molar-refractivity contribution is 5.77. The summed E-state index contributed by atoms with van der Waals surface area (Å²) < 4.78 is 5.93. The molecule has 0 aromatic carbocycles. The summed E-state index contributed by atoms with van der Waals surface area (Å²) in [5, 5.41) is 23.8. The molecule has 0 aliphatic heterocycles. The average Bonchev–Trinajstić information content (AvgIpc) is 3.29. The minimum absolute atomic E-state index is 0.0520.